The van der Waals surface area contributed by atoms with E-state index in [0.717, 1.165) is 44.8 Å². The van der Waals surface area contributed by atoms with Gasteiger partial charge in [-0.3, -0.25) is 9.69 Å². The van der Waals surface area contributed by atoms with Gasteiger partial charge in [-0.25, -0.2) is 0 Å². The van der Waals surface area contributed by atoms with Gasteiger partial charge in [-0.05, 0) is 64.4 Å². The van der Waals surface area contributed by atoms with Crippen LogP contribution in [0.4, 0.5) is 0 Å². The van der Waals surface area contributed by atoms with Crippen molar-refractivity contribution < 1.29 is 9.53 Å². The molecule has 2 unspecified atom stereocenters. The molecule has 4 nitrogen and oxygen atoms in total. The number of amides is 1. The summed E-state index contributed by atoms with van der Waals surface area (Å²) in [4.78, 5) is 18.5. The lowest BCUT2D eigenvalue weighted by Crippen LogP contribution is -2.40. The quantitative estimate of drug-likeness (QED) is 0.360. The summed E-state index contributed by atoms with van der Waals surface area (Å²) in [5, 5.41) is 4.41. The standard InChI is InChI=1S/C30H36N2O2S/c1-34-28-13-7-12-26(16-28)29-21-31(17-24-14-15-35-22-24)19-27(29)20-32(18-23-8-3-2-4-9-23)30(33)25-10-5-6-11-25/h2-4,7-9,12-16,22,25,27,29H,5-6,10-11,17-21H2,1H3. The van der Waals surface area contributed by atoms with Gasteiger partial charge in [-0.15, -0.1) is 0 Å². The van der Waals surface area contributed by atoms with Gasteiger partial charge in [0, 0.05) is 44.6 Å². The first-order chi connectivity index (χ1) is 17.2. The monoisotopic (exact) mass is 488 g/mol. The number of benzene rings is 2. The SMILES string of the molecule is COc1cccc(C2CN(Cc3ccsc3)CC2CN(Cc2ccccc2)C(=O)C2CCCC2)c1. The molecule has 2 aliphatic rings. The molecule has 0 radical (unpaired) electrons. The maximum atomic E-state index is 13.7. The highest BCUT2D eigenvalue weighted by Crippen LogP contribution is 2.37. The van der Waals surface area contributed by atoms with Crippen LogP contribution in [0.3, 0.4) is 0 Å². The topological polar surface area (TPSA) is 32.8 Å². The molecule has 1 saturated carbocycles. The third-order valence-electron chi connectivity index (χ3n) is 7.71. The van der Waals surface area contributed by atoms with Gasteiger partial charge in [0.25, 0.3) is 0 Å². The average Bonchev–Trinajstić information content (AvgIpc) is 3.67. The molecule has 1 amide bonds. The Labute approximate surface area is 213 Å². The normalized spacial score (nSPS) is 20.8. The number of hydrogen-bond donors (Lipinski definition) is 0. The van der Waals surface area contributed by atoms with E-state index < -0.39 is 0 Å². The molecule has 2 fully saturated rings. The van der Waals surface area contributed by atoms with Gasteiger partial charge in [-0.1, -0.05) is 55.3 Å². The number of likely N-dealkylation sites (tertiary alicyclic amines) is 1. The predicted octanol–water partition coefficient (Wildman–Crippen LogP) is 6.19. The third kappa shape index (κ3) is 5.96. The lowest BCUT2D eigenvalue weighted by molar-refractivity contribution is -0.136. The van der Waals surface area contributed by atoms with Crippen LogP contribution >= 0.6 is 11.3 Å². The second kappa shape index (κ2) is 11.4. The summed E-state index contributed by atoms with van der Waals surface area (Å²) in [6.45, 7) is 4.47. The van der Waals surface area contributed by atoms with Crippen molar-refractivity contribution in [2.75, 3.05) is 26.7 Å². The largest absolute Gasteiger partial charge is 0.497 e. The van der Waals surface area contributed by atoms with E-state index in [1.807, 2.05) is 12.1 Å². The number of thiophene rings is 1. The molecule has 5 rings (SSSR count). The van der Waals surface area contributed by atoms with Crippen molar-refractivity contribution in [3.8, 4) is 5.75 Å². The molecule has 1 aliphatic heterocycles. The summed E-state index contributed by atoms with van der Waals surface area (Å²) in [5.41, 5.74) is 3.91. The molecule has 2 aromatic carbocycles. The first-order valence-corrected chi connectivity index (χ1v) is 13.8. The maximum absolute atomic E-state index is 13.7. The molecule has 3 aromatic rings. The minimum atomic E-state index is 0.192. The highest BCUT2D eigenvalue weighted by atomic mass is 32.1. The van der Waals surface area contributed by atoms with Crippen molar-refractivity contribution in [3.05, 3.63) is 88.1 Å². The van der Waals surface area contributed by atoms with Crippen molar-refractivity contribution in [1.29, 1.82) is 0 Å². The minimum Gasteiger partial charge on any atom is -0.497 e. The van der Waals surface area contributed by atoms with Gasteiger partial charge in [0.2, 0.25) is 5.91 Å². The molecule has 35 heavy (non-hydrogen) atoms. The Morgan fingerprint density at radius 1 is 1.03 bits per heavy atom. The summed E-state index contributed by atoms with van der Waals surface area (Å²) in [6.07, 6.45) is 4.44. The van der Waals surface area contributed by atoms with Crippen molar-refractivity contribution in [3.63, 3.8) is 0 Å². The van der Waals surface area contributed by atoms with E-state index in [1.165, 1.54) is 29.5 Å². The van der Waals surface area contributed by atoms with Crippen LogP contribution in [0.25, 0.3) is 0 Å². The zero-order valence-electron chi connectivity index (χ0n) is 20.6. The summed E-state index contributed by atoms with van der Waals surface area (Å²) in [5.74, 6) is 2.21. The van der Waals surface area contributed by atoms with Gasteiger partial charge in [0.1, 0.15) is 5.75 Å². The number of nitrogens with zero attached hydrogens (tertiary/aromatic N) is 2. The Morgan fingerprint density at radius 3 is 2.60 bits per heavy atom. The Bertz CT molecular complexity index is 1080. The van der Waals surface area contributed by atoms with Gasteiger partial charge in [0.15, 0.2) is 0 Å². The zero-order valence-corrected chi connectivity index (χ0v) is 21.5. The van der Waals surface area contributed by atoms with Gasteiger partial charge in [-0.2, -0.15) is 11.3 Å². The second-order valence-electron chi connectivity index (χ2n) is 10.2. The summed E-state index contributed by atoms with van der Waals surface area (Å²) in [6, 6.07) is 21.2. The molecular weight excluding hydrogens is 452 g/mol. The van der Waals surface area contributed by atoms with Crippen molar-refractivity contribution >= 4 is 17.2 Å². The number of carbonyl (C=O) groups is 1. The fourth-order valence-electron chi connectivity index (χ4n) is 5.92. The molecule has 0 spiro atoms. The minimum absolute atomic E-state index is 0.192. The molecule has 5 heteroatoms. The number of carbonyl (C=O) groups excluding carboxylic acids is 1. The number of methoxy groups -OCH3 is 1. The van der Waals surface area contributed by atoms with Crippen molar-refractivity contribution in [1.82, 2.24) is 9.80 Å². The molecule has 2 atom stereocenters. The summed E-state index contributed by atoms with van der Waals surface area (Å²) in [7, 11) is 1.73. The van der Waals surface area contributed by atoms with Crippen LogP contribution in [0, 0.1) is 11.8 Å². The first kappa shape index (κ1) is 24.1. The summed E-state index contributed by atoms with van der Waals surface area (Å²) < 4.78 is 5.55. The van der Waals surface area contributed by atoms with Crippen LogP contribution in [0.5, 0.6) is 5.75 Å². The van der Waals surface area contributed by atoms with E-state index in [0.29, 0.717) is 24.3 Å². The van der Waals surface area contributed by atoms with E-state index in [-0.39, 0.29) is 5.92 Å². The average molecular weight is 489 g/mol. The van der Waals surface area contributed by atoms with Gasteiger partial charge < -0.3 is 9.64 Å². The van der Waals surface area contributed by atoms with Crippen LogP contribution in [0.15, 0.2) is 71.4 Å². The van der Waals surface area contributed by atoms with E-state index in [2.05, 4.69) is 69.1 Å². The van der Waals surface area contributed by atoms with Crippen LogP contribution in [-0.4, -0.2) is 42.5 Å². The molecule has 1 saturated heterocycles. The molecule has 2 heterocycles. The molecule has 0 N–H and O–H groups in total. The lowest BCUT2D eigenvalue weighted by Gasteiger charge is -2.31. The number of rotatable bonds is 9. The Hall–Kier alpha value is -2.63. The lowest BCUT2D eigenvalue weighted by atomic mass is 9.88. The number of ether oxygens (including phenoxy) is 1. The zero-order chi connectivity index (χ0) is 24.0. The van der Waals surface area contributed by atoms with E-state index >= 15 is 0 Å². The van der Waals surface area contributed by atoms with Gasteiger partial charge >= 0.3 is 0 Å². The first-order valence-electron chi connectivity index (χ1n) is 12.9. The highest BCUT2D eigenvalue weighted by Gasteiger charge is 2.37. The number of hydrogen-bond acceptors (Lipinski definition) is 4. The van der Waals surface area contributed by atoms with E-state index in [1.54, 1.807) is 18.4 Å². The Kier molecular flexibility index (Phi) is 7.85. The smallest absolute Gasteiger partial charge is 0.225 e. The van der Waals surface area contributed by atoms with Crippen LogP contribution < -0.4 is 4.74 Å². The van der Waals surface area contributed by atoms with Crippen LogP contribution in [-0.2, 0) is 17.9 Å². The maximum Gasteiger partial charge on any atom is 0.225 e. The predicted molar refractivity (Wildman–Crippen MR) is 143 cm³/mol. The van der Waals surface area contributed by atoms with Crippen LogP contribution in [0.2, 0.25) is 0 Å². The van der Waals surface area contributed by atoms with Crippen LogP contribution in [0.1, 0.15) is 48.3 Å². The second-order valence-corrected chi connectivity index (χ2v) is 10.9. The fourth-order valence-corrected chi connectivity index (χ4v) is 6.58. The highest BCUT2D eigenvalue weighted by molar-refractivity contribution is 7.07. The third-order valence-corrected chi connectivity index (χ3v) is 8.44. The molecule has 1 aliphatic carbocycles. The van der Waals surface area contributed by atoms with Gasteiger partial charge in [0.05, 0.1) is 7.11 Å². The Morgan fingerprint density at radius 2 is 1.86 bits per heavy atom. The summed E-state index contributed by atoms with van der Waals surface area (Å²) >= 11 is 1.76. The van der Waals surface area contributed by atoms with E-state index in [9.17, 15) is 4.79 Å². The molecule has 184 valence electrons. The van der Waals surface area contributed by atoms with Crippen molar-refractivity contribution in [2.45, 2.75) is 44.7 Å². The molecule has 0 bridgehead atoms. The Balaban J connectivity index is 1.40. The van der Waals surface area contributed by atoms with Crippen molar-refractivity contribution in [2.24, 2.45) is 11.8 Å². The fraction of sp³-hybridized carbons (Fsp3) is 0.433. The van der Waals surface area contributed by atoms with E-state index in [4.69, 9.17) is 4.74 Å². The molecular formula is C30H36N2O2S. The molecule has 1 aromatic heterocycles.